The molecular weight excluding hydrogens is 497 g/mol. The molecule has 36 heavy (non-hydrogen) atoms. The van der Waals surface area contributed by atoms with E-state index in [0.29, 0.717) is 13.1 Å². The molecule has 0 aromatic carbocycles. The molecule has 0 aliphatic carbocycles. The standard InChI is InChI=1S/C20H24F5N7O4/c1-11(29-13-8-28-30-17(34)15(13)20(23,24)25)9-36-10-14(33)18(35)31-2-4-32(5-3-31)19-26-6-12(7-27-19)16(21)22/h6-8,11,14,16,33H,2-5,9-10H2,1H3,(H2,29,30,34)/t11-,14-/m0/s1. The summed E-state index contributed by atoms with van der Waals surface area (Å²) < 4.78 is 69.9. The Balaban J connectivity index is 1.44. The fraction of sp³-hybridized carbons (Fsp3) is 0.550. The number of nitrogens with zero attached hydrogens (tertiary/aromatic N) is 5. The predicted molar refractivity (Wildman–Crippen MR) is 116 cm³/mol. The van der Waals surface area contributed by atoms with Gasteiger partial charge in [0, 0.05) is 44.6 Å². The Morgan fingerprint density at radius 3 is 2.39 bits per heavy atom. The lowest BCUT2D eigenvalue weighted by molar-refractivity contribution is -0.143. The van der Waals surface area contributed by atoms with E-state index in [1.165, 1.54) is 11.8 Å². The van der Waals surface area contributed by atoms with Crippen LogP contribution in [-0.4, -0.2) is 87.6 Å². The summed E-state index contributed by atoms with van der Waals surface area (Å²) in [6, 6.07) is -0.711. The average molecular weight is 521 g/mol. The zero-order valence-corrected chi connectivity index (χ0v) is 19.0. The van der Waals surface area contributed by atoms with Gasteiger partial charge in [-0.3, -0.25) is 9.59 Å². The van der Waals surface area contributed by atoms with Crippen molar-refractivity contribution in [1.82, 2.24) is 25.1 Å². The quantitative estimate of drug-likeness (QED) is 0.414. The first kappa shape index (κ1) is 27.2. The Morgan fingerprint density at radius 2 is 1.81 bits per heavy atom. The van der Waals surface area contributed by atoms with Gasteiger partial charge in [-0.25, -0.2) is 23.8 Å². The van der Waals surface area contributed by atoms with Crippen molar-refractivity contribution < 1.29 is 36.6 Å². The van der Waals surface area contributed by atoms with Crippen molar-refractivity contribution in [3.8, 4) is 0 Å². The van der Waals surface area contributed by atoms with Crippen LogP contribution in [0.15, 0.2) is 23.4 Å². The van der Waals surface area contributed by atoms with E-state index in [9.17, 15) is 36.6 Å². The summed E-state index contributed by atoms with van der Waals surface area (Å²) in [4.78, 5) is 34.9. The van der Waals surface area contributed by atoms with Gasteiger partial charge in [0.2, 0.25) is 5.95 Å². The van der Waals surface area contributed by atoms with Crippen LogP contribution in [0.4, 0.5) is 33.6 Å². The lowest BCUT2D eigenvalue weighted by atomic mass is 10.2. The van der Waals surface area contributed by atoms with Gasteiger partial charge in [0.25, 0.3) is 17.9 Å². The number of aliphatic hydroxyl groups excluding tert-OH is 1. The molecule has 0 unspecified atom stereocenters. The highest BCUT2D eigenvalue weighted by molar-refractivity contribution is 5.81. The minimum atomic E-state index is -4.90. The highest BCUT2D eigenvalue weighted by Crippen LogP contribution is 2.31. The fourth-order valence-electron chi connectivity index (χ4n) is 3.47. The maximum absolute atomic E-state index is 13.1. The number of aromatic amines is 1. The molecule has 2 atom stereocenters. The molecule has 0 radical (unpaired) electrons. The second kappa shape index (κ2) is 11.6. The number of alkyl halides is 5. The van der Waals surface area contributed by atoms with E-state index in [0.717, 1.165) is 18.6 Å². The molecule has 1 amide bonds. The first-order valence-corrected chi connectivity index (χ1v) is 10.8. The number of anilines is 2. The van der Waals surface area contributed by atoms with Crippen LogP contribution in [0.25, 0.3) is 0 Å². The van der Waals surface area contributed by atoms with E-state index in [4.69, 9.17) is 4.74 Å². The smallest absolute Gasteiger partial charge is 0.381 e. The highest BCUT2D eigenvalue weighted by atomic mass is 19.4. The summed E-state index contributed by atoms with van der Waals surface area (Å²) in [5.41, 5.74) is -3.63. The number of piperazine rings is 1. The van der Waals surface area contributed by atoms with E-state index in [1.54, 1.807) is 10.00 Å². The van der Waals surface area contributed by atoms with Crippen LogP contribution >= 0.6 is 0 Å². The largest absolute Gasteiger partial charge is 0.423 e. The van der Waals surface area contributed by atoms with Crippen LogP contribution in [0.2, 0.25) is 0 Å². The van der Waals surface area contributed by atoms with Gasteiger partial charge in [-0.05, 0) is 6.92 Å². The Labute approximate surface area is 201 Å². The third kappa shape index (κ3) is 6.84. The number of rotatable bonds is 9. The van der Waals surface area contributed by atoms with Gasteiger partial charge >= 0.3 is 6.18 Å². The second-order valence-electron chi connectivity index (χ2n) is 8.01. The normalized spacial score (nSPS) is 16.2. The van der Waals surface area contributed by atoms with E-state index in [1.807, 2.05) is 0 Å². The number of hydrogen-bond donors (Lipinski definition) is 3. The second-order valence-corrected chi connectivity index (χ2v) is 8.01. The monoisotopic (exact) mass is 521 g/mol. The van der Waals surface area contributed by atoms with Gasteiger partial charge in [0.15, 0.2) is 6.10 Å². The van der Waals surface area contributed by atoms with Crippen molar-refractivity contribution in [3.63, 3.8) is 0 Å². The van der Waals surface area contributed by atoms with E-state index >= 15 is 0 Å². The topological polar surface area (TPSA) is 137 Å². The summed E-state index contributed by atoms with van der Waals surface area (Å²) in [6.07, 6.45) is -6.16. The van der Waals surface area contributed by atoms with Crippen molar-refractivity contribution in [2.45, 2.75) is 31.7 Å². The van der Waals surface area contributed by atoms with E-state index < -0.39 is 54.1 Å². The Kier molecular flexibility index (Phi) is 8.73. The molecule has 1 aliphatic heterocycles. The summed E-state index contributed by atoms with van der Waals surface area (Å²) in [5, 5.41) is 17.8. The Hall–Kier alpha value is -3.40. The lowest BCUT2D eigenvalue weighted by Gasteiger charge is -2.35. The number of carbonyl (C=O) groups is 1. The third-order valence-corrected chi connectivity index (χ3v) is 5.25. The number of hydrogen-bond acceptors (Lipinski definition) is 9. The number of halogens is 5. The van der Waals surface area contributed by atoms with Gasteiger partial charge < -0.3 is 25.0 Å². The van der Waals surface area contributed by atoms with Crippen molar-refractivity contribution in [3.05, 3.63) is 40.1 Å². The van der Waals surface area contributed by atoms with Gasteiger partial charge in [-0.2, -0.15) is 18.3 Å². The SMILES string of the molecule is C[C@@H](COC[C@H](O)C(=O)N1CCN(c2ncc(C(F)F)cn2)CC1)Nc1cn[nH]c(=O)c1C(F)(F)F. The molecule has 3 rings (SSSR count). The number of aliphatic hydroxyl groups is 1. The fourth-order valence-corrected chi connectivity index (χ4v) is 3.47. The van der Waals surface area contributed by atoms with Crippen LogP contribution in [0, 0.1) is 0 Å². The van der Waals surface area contributed by atoms with Crippen molar-refractivity contribution in [2.24, 2.45) is 0 Å². The molecule has 1 saturated heterocycles. The van der Waals surface area contributed by atoms with Crippen molar-refractivity contribution in [2.75, 3.05) is 49.6 Å². The number of carbonyl (C=O) groups excluding carboxylic acids is 1. The first-order chi connectivity index (χ1) is 17.0. The highest BCUT2D eigenvalue weighted by Gasteiger charge is 2.37. The molecule has 0 bridgehead atoms. The number of nitrogens with one attached hydrogen (secondary N) is 2. The molecule has 198 valence electrons. The molecule has 1 fully saturated rings. The number of H-pyrrole nitrogens is 1. The minimum absolute atomic E-state index is 0.172. The molecule has 0 saturated carbocycles. The van der Waals surface area contributed by atoms with Gasteiger partial charge in [-0.1, -0.05) is 0 Å². The number of aromatic nitrogens is 4. The van der Waals surface area contributed by atoms with Crippen molar-refractivity contribution in [1.29, 1.82) is 0 Å². The molecule has 16 heteroatoms. The molecule has 3 heterocycles. The first-order valence-electron chi connectivity index (χ1n) is 10.8. The Bertz CT molecular complexity index is 1080. The number of ether oxygens (including phenoxy) is 1. The molecule has 3 N–H and O–H groups in total. The summed E-state index contributed by atoms with van der Waals surface area (Å²) in [7, 11) is 0. The van der Waals surface area contributed by atoms with Crippen LogP contribution in [0.1, 0.15) is 24.5 Å². The number of amides is 1. The van der Waals surface area contributed by atoms with Gasteiger partial charge in [-0.15, -0.1) is 0 Å². The lowest BCUT2D eigenvalue weighted by Crippen LogP contribution is -2.52. The minimum Gasteiger partial charge on any atom is -0.381 e. The summed E-state index contributed by atoms with van der Waals surface area (Å²) >= 11 is 0. The predicted octanol–water partition coefficient (Wildman–Crippen LogP) is 1.04. The maximum atomic E-state index is 13.1. The Morgan fingerprint density at radius 1 is 1.17 bits per heavy atom. The van der Waals surface area contributed by atoms with E-state index in [2.05, 4.69) is 20.4 Å². The molecule has 0 spiro atoms. The molecule has 11 nitrogen and oxygen atoms in total. The van der Waals surface area contributed by atoms with Crippen LogP contribution in [0.5, 0.6) is 0 Å². The van der Waals surface area contributed by atoms with E-state index in [-0.39, 0.29) is 31.2 Å². The van der Waals surface area contributed by atoms with Crippen LogP contribution < -0.4 is 15.8 Å². The maximum Gasteiger partial charge on any atom is 0.423 e. The average Bonchev–Trinajstić information content (AvgIpc) is 2.83. The molecule has 2 aromatic rings. The zero-order chi connectivity index (χ0) is 26.5. The zero-order valence-electron chi connectivity index (χ0n) is 19.0. The van der Waals surface area contributed by atoms with Gasteiger partial charge in [0.05, 0.1) is 30.7 Å². The molecular formula is C20H24F5N7O4. The van der Waals surface area contributed by atoms with Crippen molar-refractivity contribution >= 4 is 17.5 Å². The van der Waals surface area contributed by atoms with Gasteiger partial charge in [0.1, 0.15) is 5.56 Å². The molecule has 1 aliphatic rings. The summed E-state index contributed by atoms with van der Waals surface area (Å²) in [6.45, 7) is 2.01. The van der Waals surface area contributed by atoms with Crippen LogP contribution in [0.3, 0.4) is 0 Å². The third-order valence-electron chi connectivity index (χ3n) is 5.25. The molecule has 2 aromatic heterocycles. The summed E-state index contributed by atoms with van der Waals surface area (Å²) in [5.74, 6) is -0.344. The van der Waals surface area contributed by atoms with Crippen LogP contribution in [-0.2, 0) is 15.7 Å².